The van der Waals surface area contributed by atoms with Gasteiger partial charge in [-0.05, 0) is 6.92 Å². The lowest BCUT2D eigenvalue weighted by molar-refractivity contribution is -0.145. The van der Waals surface area contributed by atoms with E-state index in [1.54, 1.807) is 14.2 Å². The molecule has 0 fully saturated rings. The number of nitrogens with zero attached hydrogens (tertiary/aromatic N) is 1. The molecule has 0 heterocycles. The van der Waals surface area contributed by atoms with Crippen molar-refractivity contribution in [2.75, 3.05) is 27.8 Å². The first kappa shape index (κ1) is 14.9. The van der Waals surface area contributed by atoms with Crippen LogP contribution in [-0.2, 0) is 19.1 Å². The van der Waals surface area contributed by atoms with E-state index in [1.165, 1.54) is 12.0 Å². The molecular weight excluding hydrogens is 212 g/mol. The zero-order valence-corrected chi connectivity index (χ0v) is 10.2. The zero-order valence-electron chi connectivity index (χ0n) is 10.2. The Morgan fingerprint density at radius 2 is 1.94 bits per heavy atom. The maximum Gasteiger partial charge on any atom is 0.323 e. The van der Waals surface area contributed by atoms with Crippen molar-refractivity contribution in [3.05, 3.63) is 0 Å². The molecule has 0 aromatic carbocycles. The Morgan fingerprint density at radius 1 is 1.38 bits per heavy atom. The lowest BCUT2D eigenvalue weighted by atomic mass is 10.2. The van der Waals surface area contributed by atoms with Crippen molar-refractivity contribution in [3.63, 3.8) is 0 Å². The summed E-state index contributed by atoms with van der Waals surface area (Å²) in [5, 5.41) is 0. The quantitative estimate of drug-likeness (QED) is 0.617. The molecular formula is C10H20N2O4. The van der Waals surface area contributed by atoms with Crippen molar-refractivity contribution in [1.29, 1.82) is 0 Å². The van der Waals surface area contributed by atoms with Crippen LogP contribution in [0.2, 0.25) is 0 Å². The van der Waals surface area contributed by atoms with Gasteiger partial charge in [-0.25, -0.2) is 0 Å². The summed E-state index contributed by atoms with van der Waals surface area (Å²) in [6.45, 7) is 2.31. The van der Waals surface area contributed by atoms with Crippen molar-refractivity contribution in [1.82, 2.24) is 4.90 Å². The second-order valence-corrected chi connectivity index (χ2v) is 3.65. The predicted molar refractivity (Wildman–Crippen MR) is 58.7 cm³/mol. The third-order valence-electron chi connectivity index (χ3n) is 2.26. The summed E-state index contributed by atoms with van der Waals surface area (Å²) >= 11 is 0. The number of hydrogen-bond donors (Lipinski definition) is 1. The van der Waals surface area contributed by atoms with Crippen LogP contribution in [0.15, 0.2) is 0 Å². The molecule has 0 aromatic rings. The number of carbonyl (C=O) groups is 2. The standard InChI is InChI=1S/C10H20N2O4/c1-7(15-3)6-12(2)9(13)5-8(11)10(14)16-4/h7-8H,5-6,11H2,1-4H3/t7?,8-/m0/s1. The Kier molecular flexibility index (Phi) is 6.67. The van der Waals surface area contributed by atoms with Crippen LogP contribution in [0.1, 0.15) is 13.3 Å². The number of esters is 1. The van der Waals surface area contributed by atoms with Gasteiger partial charge in [-0.15, -0.1) is 0 Å². The molecule has 0 saturated heterocycles. The SMILES string of the molecule is COC(=O)[C@@H](N)CC(=O)N(C)CC(C)OC. The van der Waals surface area contributed by atoms with Gasteiger partial charge in [-0.3, -0.25) is 9.59 Å². The van der Waals surface area contributed by atoms with Gasteiger partial charge in [-0.1, -0.05) is 0 Å². The smallest absolute Gasteiger partial charge is 0.323 e. The van der Waals surface area contributed by atoms with Crippen molar-refractivity contribution < 1.29 is 19.1 Å². The van der Waals surface area contributed by atoms with Gasteiger partial charge in [-0.2, -0.15) is 0 Å². The average Bonchev–Trinajstić information content (AvgIpc) is 2.27. The summed E-state index contributed by atoms with van der Waals surface area (Å²) in [6, 6.07) is -0.905. The topological polar surface area (TPSA) is 81.9 Å². The number of methoxy groups -OCH3 is 2. The number of amides is 1. The Labute approximate surface area is 95.7 Å². The number of rotatable bonds is 6. The largest absolute Gasteiger partial charge is 0.468 e. The highest BCUT2D eigenvalue weighted by atomic mass is 16.5. The van der Waals surface area contributed by atoms with Gasteiger partial charge >= 0.3 is 5.97 Å². The average molecular weight is 232 g/mol. The summed E-state index contributed by atoms with van der Waals surface area (Å²) in [5.41, 5.74) is 5.48. The normalized spacial score (nSPS) is 14.1. The van der Waals surface area contributed by atoms with Crippen molar-refractivity contribution >= 4 is 11.9 Å². The molecule has 6 heteroatoms. The van der Waals surface area contributed by atoms with Gasteiger partial charge in [0.15, 0.2) is 0 Å². The minimum absolute atomic E-state index is 0.0525. The van der Waals surface area contributed by atoms with Gasteiger partial charge in [0.05, 0.1) is 19.6 Å². The third-order valence-corrected chi connectivity index (χ3v) is 2.26. The molecule has 94 valence electrons. The van der Waals surface area contributed by atoms with Gasteiger partial charge in [0.25, 0.3) is 0 Å². The fourth-order valence-electron chi connectivity index (χ4n) is 1.14. The second kappa shape index (κ2) is 7.19. The lowest BCUT2D eigenvalue weighted by Gasteiger charge is -2.21. The molecule has 0 spiro atoms. The zero-order chi connectivity index (χ0) is 12.7. The highest BCUT2D eigenvalue weighted by Crippen LogP contribution is 1.99. The molecule has 2 N–H and O–H groups in total. The molecule has 16 heavy (non-hydrogen) atoms. The maximum atomic E-state index is 11.6. The predicted octanol–water partition coefficient (Wildman–Crippen LogP) is -0.630. The summed E-state index contributed by atoms with van der Waals surface area (Å²) in [6.07, 6.45) is -0.108. The molecule has 0 rings (SSSR count). The number of nitrogens with two attached hydrogens (primary N) is 1. The number of hydrogen-bond acceptors (Lipinski definition) is 5. The number of carbonyl (C=O) groups excluding carboxylic acids is 2. The van der Waals surface area contributed by atoms with E-state index in [4.69, 9.17) is 10.5 Å². The van der Waals surface area contributed by atoms with Crippen LogP contribution in [0, 0.1) is 0 Å². The molecule has 0 aliphatic carbocycles. The first-order valence-corrected chi connectivity index (χ1v) is 5.02. The molecule has 0 aliphatic rings. The van der Waals surface area contributed by atoms with Crippen molar-refractivity contribution in [3.8, 4) is 0 Å². The van der Waals surface area contributed by atoms with Gasteiger partial charge in [0.1, 0.15) is 6.04 Å². The molecule has 0 aliphatic heterocycles. The first-order valence-electron chi connectivity index (χ1n) is 5.02. The van der Waals surface area contributed by atoms with E-state index in [0.29, 0.717) is 6.54 Å². The summed E-state index contributed by atoms with van der Waals surface area (Å²) in [5.74, 6) is -0.789. The second-order valence-electron chi connectivity index (χ2n) is 3.65. The maximum absolute atomic E-state index is 11.6. The summed E-state index contributed by atoms with van der Waals surface area (Å²) in [7, 11) is 4.45. The van der Waals surface area contributed by atoms with Crippen LogP contribution in [0.4, 0.5) is 0 Å². The summed E-state index contributed by atoms with van der Waals surface area (Å²) < 4.78 is 9.46. The number of likely N-dealkylation sites (N-methyl/N-ethyl adjacent to an activating group) is 1. The molecule has 0 saturated carbocycles. The third kappa shape index (κ3) is 5.09. The molecule has 1 unspecified atom stereocenters. The molecule has 0 aromatic heterocycles. The first-order chi connectivity index (χ1) is 7.42. The van der Waals surface area contributed by atoms with E-state index in [1.807, 2.05) is 6.92 Å². The van der Waals surface area contributed by atoms with Crippen molar-refractivity contribution in [2.24, 2.45) is 5.73 Å². The minimum Gasteiger partial charge on any atom is -0.468 e. The van der Waals surface area contributed by atoms with Crippen LogP contribution in [0.25, 0.3) is 0 Å². The highest BCUT2D eigenvalue weighted by molar-refractivity contribution is 5.84. The molecule has 6 nitrogen and oxygen atoms in total. The van der Waals surface area contributed by atoms with Crippen LogP contribution >= 0.6 is 0 Å². The van der Waals surface area contributed by atoms with Crippen LogP contribution in [0.5, 0.6) is 0 Å². The number of ether oxygens (including phenoxy) is 2. The summed E-state index contributed by atoms with van der Waals surface area (Å²) in [4.78, 5) is 24.1. The van der Waals surface area contributed by atoms with E-state index in [2.05, 4.69) is 4.74 Å². The van der Waals surface area contributed by atoms with Gasteiger partial charge < -0.3 is 20.1 Å². The monoisotopic (exact) mass is 232 g/mol. The van der Waals surface area contributed by atoms with E-state index in [9.17, 15) is 9.59 Å². The van der Waals surface area contributed by atoms with E-state index in [0.717, 1.165) is 0 Å². The van der Waals surface area contributed by atoms with Crippen molar-refractivity contribution in [2.45, 2.75) is 25.5 Å². The molecule has 1 amide bonds. The Bertz CT molecular complexity index is 245. The Balaban J connectivity index is 4.10. The van der Waals surface area contributed by atoms with Gasteiger partial charge in [0, 0.05) is 20.7 Å². The van der Waals surface area contributed by atoms with E-state index in [-0.39, 0.29) is 18.4 Å². The fourth-order valence-corrected chi connectivity index (χ4v) is 1.14. The Morgan fingerprint density at radius 3 is 2.38 bits per heavy atom. The molecule has 0 bridgehead atoms. The van der Waals surface area contributed by atoms with E-state index >= 15 is 0 Å². The van der Waals surface area contributed by atoms with Crippen LogP contribution < -0.4 is 5.73 Å². The fraction of sp³-hybridized carbons (Fsp3) is 0.800. The Hall–Kier alpha value is -1.14. The van der Waals surface area contributed by atoms with Gasteiger partial charge in [0.2, 0.25) is 5.91 Å². The molecule has 0 radical (unpaired) electrons. The highest BCUT2D eigenvalue weighted by Gasteiger charge is 2.21. The van der Waals surface area contributed by atoms with Crippen LogP contribution in [-0.4, -0.2) is 56.7 Å². The minimum atomic E-state index is -0.905. The lowest BCUT2D eigenvalue weighted by Crippen LogP contribution is -2.40. The van der Waals surface area contributed by atoms with Crippen LogP contribution in [0.3, 0.4) is 0 Å². The van der Waals surface area contributed by atoms with E-state index < -0.39 is 12.0 Å². The molecule has 2 atom stereocenters.